The Labute approximate surface area is 121 Å². The van der Waals surface area contributed by atoms with Crippen molar-refractivity contribution in [2.24, 2.45) is 0 Å². The average Bonchev–Trinajstić information content (AvgIpc) is 2.41. The number of carbonyl (C=O) groups is 1. The predicted molar refractivity (Wildman–Crippen MR) is 72.3 cm³/mol. The van der Waals surface area contributed by atoms with E-state index in [1.165, 1.54) is 7.11 Å². The van der Waals surface area contributed by atoms with Gasteiger partial charge in [0.1, 0.15) is 0 Å². The molecule has 0 saturated heterocycles. The number of alkyl halides is 1. The maximum atomic E-state index is 13.6. The van der Waals surface area contributed by atoms with Gasteiger partial charge in [0.2, 0.25) is 0 Å². The topological polar surface area (TPSA) is 38.3 Å². The third-order valence-corrected chi connectivity index (χ3v) is 3.99. The van der Waals surface area contributed by atoms with Gasteiger partial charge in [-0.25, -0.2) is 8.78 Å². The third kappa shape index (κ3) is 3.20. The molecule has 20 heavy (non-hydrogen) atoms. The van der Waals surface area contributed by atoms with Gasteiger partial charge in [-0.2, -0.15) is 0 Å². The Morgan fingerprint density at radius 1 is 1.30 bits per heavy atom. The second kappa shape index (κ2) is 6.39. The number of amides is 1. The summed E-state index contributed by atoms with van der Waals surface area (Å²) < 4.78 is 31.7. The van der Waals surface area contributed by atoms with Gasteiger partial charge in [0, 0.05) is 11.6 Å². The van der Waals surface area contributed by atoms with Crippen molar-refractivity contribution in [3.63, 3.8) is 0 Å². The Kier molecular flexibility index (Phi) is 4.81. The fourth-order valence-corrected chi connectivity index (χ4v) is 2.73. The summed E-state index contributed by atoms with van der Waals surface area (Å²) in [5.41, 5.74) is -0.0739. The number of hydrogen-bond acceptors (Lipinski definition) is 2. The molecule has 2 unspecified atom stereocenters. The minimum absolute atomic E-state index is 0.0739. The summed E-state index contributed by atoms with van der Waals surface area (Å²) in [5, 5.41) is 2.59. The van der Waals surface area contributed by atoms with Crippen LogP contribution < -0.4 is 10.1 Å². The van der Waals surface area contributed by atoms with Crippen LogP contribution in [0.25, 0.3) is 0 Å². The van der Waals surface area contributed by atoms with Crippen LogP contribution in [0.4, 0.5) is 8.78 Å². The zero-order valence-corrected chi connectivity index (χ0v) is 11.8. The summed E-state index contributed by atoms with van der Waals surface area (Å²) in [4.78, 5) is 12.0. The summed E-state index contributed by atoms with van der Waals surface area (Å²) in [6.07, 6.45) is 3.63. The minimum Gasteiger partial charge on any atom is -0.491 e. The number of methoxy groups -OCH3 is 1. The van der Waals surface area contributed by atoms with Gasteiger partial charge in [-0.1, -0.05) is 12.8 Å². The molecule has 6 heteroatoms. The molecular weight excluding hydrogens is 288 g/mol. The first-order chi connectivity index (χ1) is 9.52. The first kappa shape index (κ1) is 15.0. The van der Waals surface area contributed by atoms with Crippen molar-refractivity contribution in [3.05, 3.63) is 29.3 Å². The quantitative estimate of drug-likeness (QED) is 0.871. The van der Waals surface area contributed by atoms with E-state index >= 15 is 0 Å². The molecule has 2 atom stereocenters. The normalized spacial score (nSPS) is 22.4. The number of nitrogens with one attached hydrogen (secondary N) is 1. The highest BCUT2D eigenvalue weighted by Crippen LogP contribution is 2.25. The molecule has 1 aromatic rings. The minimum atomic E-state index is -0.899. The lowest BCUT2D eigenvalue weighted by molar-refractivity contribution is 0.0927. The van der Waals surface area contributed by atoms with Crippen LogP contribution in [0.15, 0.2) is 12.1 Å². The average molecular weight is 304 g/mol. The smallest absolute Gasteiger partial charge is 0.251 e. The van der Waals surface area contributed by atoms with Gasteiger partial charge in [-0.15, -0.1) is 11.6 Å². The Morgan fingerprint density at radius 2 is 1.90 bits per heavy atom. The van der Waals surface area contributed by atoms with Crippen LogP contribution >= 0.6 is 11.6 Å². The van der Waals surface area contributed by atoms with Gasteiger partial charge in [0.15, 0.2) is 17.4 Å². The lowest BCUT2D eigenvalue weighted by Crippen LogP contribution is -2.42. The van der Waals surface area contributed by atoms with Gasteiger partial charge in [0.25, 0.3) is 5.91 Å². The molecule has 0 spiro atoms. The Morgan fingerprint density at radius 3 is 2.45 bits per heavy atom. The lowest BCUT2D eigenvalue weighted by Gasteiger charge is -2.27. The van der Waals surface area contributed by atoms with Gasteiger partial charge in [0.05, 0.1) is 12.5 Å². The number of benzene rings is 1. The van der Waals surface area contributed by atoms with E-state index in [9.17, 15) is 13.6 Å². The maximum Gasteiger partial charge on any atom is 0.251 e. The third-order valence-electron chi connectivity index (χ3n) is 3.46. The summed E-state index contributed by atoms with van der Waals surface area (Å²) in [5.74, 6) is -2.81. The molecule has 0 heterocycles. The van der Waals surface area contributed by atoms with Crippen molar-refractivity contribution < 1.29 is 18.3 Å². The molecule has 1 aromatic carbocycles. The van der Waals surface area contributed by atoms with Crippen LogP contribution in [0.2, 0.25) is 0 Å². The molecule has 1 saturated carbocycles. The van der Waals surface area contributed by atoms with E-state index in [2.05, 4.69) is 10.1 Å². The zero-order chi connectivity index (χ0) is 14.7. The fourth-order valence-electron chi connectivity index (χ4n) is 2.39. The first-order valence-electron chi connectivity index (χ1n) is 6.51. The summed E-state index contributed by atoms with van der Waals surface area (Å²) in [6, 6.07) is 1.76. The standard InChI is InChI=1S/C14H16ClF2NO2/c1-20-13-10(16)6-8(7-11(13)17)14(19)18-12-5-3-2-4-9(12)15/h6-7,9,12H,2-5H2,1H3,(H,18,19). The number of halogens is 3. The molecule has 1 fully saturated rings. The number of rotatable bonds is 3. The SMILES string of the molecule is COc1c(F)cc(C(=O)NC2CCCCC2Cl)cc1F. The highest BCUT2D eigenvalue weighted by atomic mass is 35.5. The molecule has 0 radical (unpaired) electrons. The van der Waals surface area contributed by atoms with Crippen molar-refractivity contribution in [2.45, 2.75) is 37.1 Å². The predicted octanol–water partition coefficient (Wildman–Crippen LogP) is 3.25. The molecule has 1 aliphatic carbocycles. The van der Waals surface area contributed by atoms with Crippen molar-refractivity contribution in [1.29, 1.82) is 0 Å². The number of hydrogen-bond donors (Lipinski definition) is 1. The van der Waals surface area contributed by atoms with Crippen LogP contribution in [0.1, 0.15) is 36.0 Å². The Hall–Kier alpha value is -1.36. The van der Waals surface area contributed by atoms with E-state index in [1.807, 2.05) is 0 Å². The monoisotopic (exact) mass is 303 g/mol. The van der Waals surface area contributed by atoms with E-state index in [0.29, 0.717) is 0 Å². The van der Waals surface area contributed by atoms with Crippen LogP contribution in [-0.2, 0) is 0 Å². The molecule has 1 amide bonds. The van der Waals surface area contributed by atoms with Crippen molar-refractivity contribution in [3.8, 4) is 5.75 Å². The van der Waals surface area contributed by atoms with Gasteiger partial charge >= 0.3 is 0 Å². The van der Waals surface area contributed by atoms with E-state index in [1.54, 1.807) is 0 Å². The van der Waals surface area contributed by atoms with E-state index in [4.69, 9.17) is 11.6 Å². The largest absolute Gasteiger partial charge is 0.491 e. The summed E-state index contributed by atoms with van der Waals surface area (Å²) in [7, 11) is 1.17. The van der Waals surface area contributed by atoms with E-state index in [-0.39, 0.29) is 17.0 Å². The summed E-state index contributed by atoms with van der Waals surface area (Å²) >= 11 is 6.14. The van der Waals surface area contributed by atoms with Crippen LogP contribution in [0, 0.1) is 11.6 Å². The summed E-state index contributed by atoms with van der Waals surface area (Å²) in [6.45, 7) is 0. The van der Waals surface area contributed by atoms with Crippen molar-refractivity contribution in [2.75, 3.05) is 7.11 Å². The molecule has 110 valence electrons. The Bertz CT molecular complexity index is 487. The maximum absolute atomic E-state index is 13.6. The molecular formula is C14H16ClF2NO2. The molecule has 0 aliphatic heterocycles. The van der Waals surface area contributed by atoms with E-state index < -0.39 is 23.3 Å². The second-order valence-corrected chi connectivity index (χ2v) is 5.41. The highest BCUT2D eigenvalue weighted by Gasteiger charge is 2.25. The van der Waals surface area contributed by atoms with Crippen molar-refractivity contribution >= 4 is 17.5 Å². The Balaban J connectivity index is 2.13. The molecule has 2 rings (SSSR count). The second-order valence-electron chi connectivity index (χ2n) is 4.85. The van der Waals surface area contributed by atoms with Crippen LogP contribution in [0.5, 0.6) is 5.75 Å². The van der Waals surface area contributed by atoms with Gasteiger partial charge in [-0.3, -0.25) is 4.79 Å². The molecule has 0 bridgehead atoms. The zero-order valence-electron chi connectivity index (χ0n) is 11.1. The van der Waals surface area contributed by atoms with Gasteiger partial charge in [-0.05, 0) is 25.0 Å². The molecule has 1 aliphatic rings. The first-order valence-corrected chi connectivity index (χ1v) is 6.94. The fraction of sp³-hybridized carbons (Fsp3) is 0.500. The highest BCUT2D eigenvalue weighted by molar-refractivity contribution is 6.21. The van der Waals surface area contributed by atoms with Crippen LogP contribution in [-0.4, -0.2) is 24.4 Å². The lowest BCUT2D eigenvalue weighted by atomic mass is 9.94. The molecule has 1 N–H and O–H groups in total. The molecule has 3 nitrogen and oxygen atoms in total. The van der Waals surface area contributed by atoms with Gasteiger partial charge < -0.3 is 10.1 Å². The van der Waals surface area contributed by atoms with Crippen molar-refractivity contribution in [1.82, 2.24) is 5.32 Å². The van der Waals surface area contributed by atoms with Crippen LogP contribution in [0.3, 0.4) is 0 Å². The number of ether oxygens (including phenoxy) is 1. The number of carbonyl (C=O) groups excluding carboxylic acids is 1. The van der Waals surface area contributed by atoms with E-state index in [0.717, 1.165) is 37.8 Å². The molecule has 0 aromatic heterocycles.